The first-order chi connectivity index (χ1) is 33.1. The summed E-state index contributed by atoms with van der Waals surface area (Å²) in [6.07, 6.45) is 1.98. The number of para-hydroxylation sites is 5. The van der Waals surface area contributed by atoms with Crippen LogP contribution in [0.15, 0.2) is 170 Å². The summed E-state index contributed by atoms with van der Waals surface area (Å²) in [6.45, 7) is 11.1. The SMILES string of the molecule is Cc1cc(-n2c3[c-]c(Oc4[c-]c(N5[CH-]N(c6c7c(cc8c9ccccc9n(C)c68)c6ccccc6n7C)c6ccccc65)cc(C(C)(C)C)c4)ccc3c3ccccc32)ncc1-c1ccccc1.[Pt]. The molecule has 5 heterocycles. The number of fused-ring (bicyclic) bond motifs is 10. The van der Waals surface area contributed by atoms with Crippen molar-refractivity contribution >= 4 is 88.2 Å². The first-order valence-corrected chi connectivity index (χ1v) is 23.2. The molecule has 1 aliphatic rings. The Hall–Kier alpha value is -7.60. The molecule has 340 valence electrons. The molecule has 69 heavy (non-hydrogen) atoms. The van der Waals surface area contributed by atoms with Crippen LogP contribution in [-0.4, -0.2) is 18.7 Å². The van der Waals surface area contributed by atoms with E-state index >= 15 is 0 Å². The van der Waals surface area contributed by atoms with Gasteiger partial charge in [-0.15, -0.1) is 53.6 Å². The first kappa shape index (κ1) is 42.7. The van der Waals surface area contributed by atoms with Gasteiger partial charge in [-0.2, -0.15) is 6.07 Å². The summed E-state index contributed by atoms with van der Waals surface area (Å²) in [5, 5.41) is 7.14. The fourth-order valence-electron chi connectivity index (χ4n) is 10.7. The van der Waals surface area contributed by atoms with E-state index in [-0.39, 0.29) is 26.5 Å². The van der Waals surface area contributed by atoms with E-state index in [0.29, 0.717) is 11.5 Å². The molecule has 0 saturated carbocycles. The number of hydrogen-bond donors (Lipinski definition) is 0. The minimum absolute atomic E-state index is 0. The molecule has 0 N–H and O–H groups in total. The molecule has 0 atom stereocenters. The summed E-state index contributed by atoms with van der Waals surface area (Å²) in [6, 6.07) is 65.6. The average Bonchev–Trinajstić information content (AvgIpc) is 4.07. The number of rotatable bonds is 6. The van der Waals surface area contributed by atoms with Gasteiger partial charge in [0.15, 0.2) is 0 Å². The number of ether oxygens (including phenoxy) is 1. The molecule has 8 aromatic carbocycles. The molecule has 0 radical (unpaired) electrons. The van der Waals surface area contributed by atoms with Crippen LogP contribution in [0.4, 0.5) is 22.7 Å². The van der Waals surface area contributed by atoms with Gasteiger partial charge in [-0.3, -0.25) is 0 Å². The maximum Gasteiger partial charge on any atom is 0.135 e. The van der Waals surface area contributed by atoms with Gasteiger partial charge in [0.2, 0.25) is 0 Å². The van der Waals surface area contributed by atoms with Gasteiger partial charge < -0.3 is 28.2 Å². The third-order valence-electron chi connectivity index (χ3n) is 14.0. The first-order valence-electron chi connectivity index (χ1n) is 23.2. The molecular weight excluding hydrogens is 1030 g/mol. The number of aryl methyl sites for hydroxylation is 3. The molecule has 12 aromatic rings. The fraction of sp³-hybridized carbons (Fsp3) is 0.115. The normalized spacial score (nSPS) is 12.8. The van der Waals surface area contributed by atoms with E-state index in [2.05, 4.69) is 236 Å². The second-order valence-electron chi connectivity index (χ2n) is 19.1. The van der Waals surface area contributed by atoms with E-state index < -0.39 is 0 Å². The molecule has 0 fully saturated rings. The Bertz CT molecular complexity index is 3930. The molecule has 7 nitrogen and oxygen atoms in total. The molecule has 4 aromatic heterocycles. The van der Waals surface area contributed by atoms with Crippen molar-refractivity contribution in [2.75, 3.05) is 9.80 Å². The maximum atomic E-state index is 6.92. The van der Waals surface area contributed by atoms with Crippen molar-refractivity contribution in [2.24, 2.45) is 14.1 Å². The number of hydrogen-bond acceptors (Lipinski definition) is 4. The van der Waals surface area contributed by atoms with Crippen LogP contribution in [0.3, 0.4) is 0 Å². The van der Waals surface area contributed by atoms with Crippen molar-refractivity contribution in [3.05, 3.63) is 200 Å². The van der Waals surface area contributed by atoms with E-state index in [0.717, 1.165) is 72.6 Å². The van der Waals surface area contributed by atoms with Crippen molar-refractivity contribution < 1.29 is 25.8 Å². The van der Waals surface area contributed by atoms with Crippen LogP contribution in [0.2, 0.25) is 0 Å². The van der Waals surface area contributed by atoms with E-state index in [1.807, 2.05) is 18.3 Å². The van der Waals surface area contributed by atoms with Crippen LogP contribution in [-0.2, 0) is 40.6 Å². The van der Waals surface area contributed by atoms with Gasteiger partial charge in [0, 0.05) is 108 Å². The largest absolute Gasteiger partial charge is 0.509 e. The predicted octanol–water partition coefficient (Wildman–Crippen LogP) is 15.5. The molecule has 0 saturated heterocycles. The second-order valence-corrected chi connectivity index (χ2v) is 19.1. The van der Waals surface area contributed by atoms with Gasteiger partial charge in [0.25, 0.3) is 0 Å². The molecule has 0 aliphatic carbocycles. The second kappa shape index (κ2) is 16.0. The van der Waals surface area contributed by atoms with E-state index in [1.165, 1.54) is 43.6 Å². The van der Waals surface area contributed by atoms with Crippen LogP contribution in [0.5, 0.6) is 11.5 Å². The van der Waals surface area contributed by atoms with Crippen LogP contribution < -0.4 is 14.5 Å². The summed E-state index contributed by atoms with van der Waals surface area (Å²) in [5.41, 5.74) is 15.2. The number of benzene rings is 8. The van der Waals surface area contributed by atoms with Gasteiger partial charge in [-0.25, -0.2) is 4.98 Å². The average molecular weight is 1080 g/mol. The van der Waals surface area contributed by atoms with Gasteiger partial charge in [-0.05, 0) is 71.3 Å². The van der Waals surface area contributed by atoms with Crippen molar-refractivity contribution in [1.82, 2.24) is 18.7 Å². The Kier molecular flexibility index (Phi) is 9.91. The summed E-state index contributed by atoms with van der Waals surface area (Å²) in [7, 11) is 4.39. The number of pyridine rings is 1. The predicted molar refractivity (Wildman–Crippen MR) is 281 cm³/mol. The van der Waals surface area contributed by atoms with Crippen molar-refractivity contribution in [2.45, 2.75) is 33.1 Å². The number of aromatic nitrogens is 4. The van der Waals surface area contributed by atoms with E-state index in [1.54, 1.807) is 0 Å². The third-order valence-corrected chi connectivity index (χ3v) is 14.0. The van der Waals surface area contributed by atoms with Crippen LogP contribution >= 0.6 is 0 Å². The van der Waals surface area contributed by atoms with Gasteiger partial charge in [0.1, 0.15) is 5.82 Å². The van der Waals surface area contributed by atoms with E-state index in [4.69, 9.17) is 9.72 Å². The van der Waals surface area contributed by atoms with Gasteiger partial charge >= 0.3 is 0 Å². The van der Waals surface area contributed by atoms with Crippen LogP contribution in [0.25, 0.3) is 82.4 Å². The summed E-state index contributed by atoms with van der Waals surface area (Å²) in [4.78, 5) is 9.71. The molecule has 0 amide bonds. The smallest absolute Gasteiger partial charge is 0.135 e. The summed E-state index contributed by atoms with van der Waals surface area (Å²) >= 11 is 0. The minimum Gasteiger partial charge on any atom is -0.509 e. The third kappa shape index (κ3) is 6.62. The Balaban J connectivity index is 0.00000492. The Morgan fingerprint density at radius 1 is 0.551 bits per heavy atom. The van der Waals surface area contributed by atoms with Crippen LogP contribution in [0, 0.1) is 25.7 Å². The van der Waals surface area contributed by atoms with E-state index in [9.17, 15) is 0 Å². The molecule has 8 heteroatoms. The molecule has 0 spiro atoms. The van der Waals surface area contributed by atoms with Crippen molar-refractivity contribution in [1.29, 1.82) is 0 Å². The molecule has 0 unspecified atom stereocenters. The Labute approximate surface area is 415 Å². The van der Waals surface area contributed by atoms with Gasteiger partial charge in [-0.1, -0.05) is 123 Å². The quantitative estimate of drug-likeness (QED) is 0.156. The molecule has 13 rings (SSSR count). The van der Waals surface area contributed by atoms with Crippen molar-refractivity contribution in [3.63, 3.8) is 0 Å². The topological polar surface area (TPSA) is 43.4 Å². The Morgan fingerprint density at radius 3 is 1.77 bits per heavy atom. The zero-order valence-corrected chi connectivity index (χ0v) is 41.4. The standard InChI is InChI=1S/C61H47N6O.Pt/c1-38-30-57(62-36-50(38)39-18-8-7-9-19-39)67-53-25-15-12-20-44(53)47-29-28-42(34-56(47)67)68-43-32-40(61(2,3)4)31-41(33-43)65-37-66(55-27-17-16-26-54(55)65)60-58-48(45-21-10-13-23-51(45)63(58)5)35-49-46-22-11-14-24-52(46)64(6)59(49)60;/h7-32,35-37H,1-6H3;/q-3;. The molecular formula is C61H47N6OPt-3. The van der Waals surface area contributed by atoms with Crippen LogP contribution in [0.1, 0.15) is 31.9 Å². The van der Waals surface area contributed by atoms with Gasteiger partial charge in [0.05, 0.1) is 16.7 Å². The molecule has 0 bridgehead atoms. The Morgan fingerprint density at radius 2 is 1.13 bits per heavy atom. The number of anilines is 4. The fourth-order valence-corrected chi connectivity index (χ4v) is 10.7. The molecule has 1 aliphatic heterocycles. The zero-order chi connectivity index (χ0) is 46.0. The zero-order valence-electron chi connectivity index (χ0n) is 39.2. The summed E-state index contributed by atoms with van der Waals surface area (Å²) in [5.74, 6) is 2.04. The minimum atomic E-state index is -0.194. The van der Waals surface area contributed by atoms with Crippen molar-refractivity contribution in [3.8, 4) is 28.4 Å². The monoisotopic (exact) mass is 1070 g/mol. The number of nitrogens with zero attached hydrogens (tertiary/aromatic N) is 6. The maximum absolute atomic E-state index is 6.92. The summed E-state index contributed by atoms with van der Waals surface area (Å²) < 4.78 is 13.8.